The molecule has 4 heteroatoms. The van der Waals surface area contributed by atoms with Gasteiger partial charge in [-0.3, -0.25) is 4.98 Å². The molecular weight excluding hydrogens is 234 g/mol. The number of rotatable bonds is 2. The first-order valence-corrected chi connectivity index (χ1v) is 4.75. The summed E-state index contributed by atoms with van der Waals surface area (Å²) in [5.74, 6) is -0.352. The van der Waals surface area contributed by atoms with Gasteiger partial charge < -0.3 is 4.74 Å². The molecule has 1 heterocycles. The first-order valence-electron chi connectivity index (χ1n) is 3.84. The van der Waals surface area contributed by atoms with Gasteiger partial charge >= 0.3 is 5.97 Å². The maximum Gasteiger partial charge on any atom is 0.339 e. The number of methoxy groups -OCH3 is 1. The maximum absolute atomic E-state index is 11.3. The van der Waals surface area contributed by atoms with Gasteiger partial charge in [-0.15, -0.1) is 0 Å². The van der Waals surface area contributed by atoms with E-state index in [1.807, 2.05) is 6.92 Å². The Balaban J connectivity index is 3.12. The SMILES string of the molecule is COC(=O)c1cccnc1C(C)Br. The third kappa shape index (κ3) is 2.28. The van der Waals surface area contributed by atoms with Gasteiger partial charge in [0, 0.05) is 6.20 Å². The van der Waals surface area contributed by atoms with Crippen LogP contribution in [-0.4, -0.2) is 18.1 Å². The van der Waals surface area contributed by atoms with Crippen LogP contribution in [0.4, 0.5) is 0 Å². The molecule has 1 unspecified atom stereocenters. The van der Waals surface area contributed by atoms with Gasteiger partial charge in [-0.2, -0.15) is 0 Å². The van der Waals surface area contributed by atoms with E-state index in [-0.39, 0.29) is 10.8 Å². The number of hydrogen-bond donors (Lipinski definition) is 0. The highest BCUT2D eigenvalue weighted by Crippen LogP contribution is 2.22. The van der Waals surface area contributed by atoms with Crippen LogP contribution >= 0.6 is 15.9 Å². The number of carbonyl (C=O) groups excluding carboxylic acids is 1. The second-order valence-electron chi connectivity index (χ2n) is 2.54. The number of hydrogen-bond acceptors (Lipinski definition) is 3. The summed E-state index contributed by atoms with van der Waals surface area (Å²) in [5, 5.41) is 0. The predicted octanol–water partition coefficient (Wildman–Crippen LogP) is 2.32. The van der Waals surface area contributed by atoms with E-state index in [9.17, 15) is 4.79 Å². The van der Waals surface area contributed by atoms with Crippen molar-refractivity contribution < 1.29 is 9.53 Å². The Labute approximate surface area is 85.3 Å². The lowest BCUT2D eigenvalue weighted by atomic mass is 10.1. The topological polar surface area (TPSA) is 39.2 Å². The molecule has 0 spiro atoms. The average molecular weight is 244 g/mol. The molecule has 0 aliphatic carbocycles. The normalized spacial score (nSPS) is 12.2. The Morgan fingerprint density at radius 3 is 2.92 bits per heavy atom. The molecule has 0 N–H and O–H groups in total. The molecule has 0 radical (unpaired) electrons. The number of esters is 1. The van der Waals surface area contributed by atoms with Crippen molar-refractivity contribution in [2.75, 3.05) is 7.11 Å². The van der Waals surface area contributed by atoms with Crippen LogP contribution < -0.4 is 0 Å². The summed E-state index contributed by atoms with van der Waals surface area (Å²) in [6.45, 7) is 1.91. The van der Waals surface area contributed by atoms with Crippen LogP contribution in [0.5, 0.6) is 0 Å². The minimum Gasteiger partial charge on any atom is -0.465 e. The standard InChI is InChI=1S/C9H10BrNO2/c1-6(10)8-7(9(12)13-2)4-3-5-11-8/h3-6H,1-2H3. The van der Waals surface area contributed by atoms with E-state index in [2.05, 4.69) is 25.7 Å². The van der Waals surface area contributed by atoms with Crippen molar-refractivity contribution in [2.45, 2.75) is 11.8 Å². The Morgan fingerprint density at radius 1 is 1.69 bits per heavy atom. The van der Waals surface area contributed by atoms with E-state index < -0.39 is 0 Å². The minimum atomic E-state index is -0.352. The molecule has 0 amide bonds. The molecule has 0 bridgehead atoms. The largest absolute Gasteiger partial charge is 0.465 e. The molecule has 13 heavy (non-hydrogen) atoms. The highest BCUT2D eigenvalue weighted by molar-refractivity contribution is 9.09. The molecule has 0 fully saturated rings. The van der Waals surface area contributed by atoms with Crippen molar-refractivity contribution in [1.29, 1.82) is 0 Å². The van der Waals surface area contributed by atoms with E-state index in [0.717, 1.165) is 0 Å². The van der Waals surface area contributed by atoms with Gasteiger partial charge in [0.05, 0.1) is 23.2 Å². The highest BCUT2D eigenvalue weighted by Gasteiger charge is 2.15. The van der Waals surface area contributed by atoms with Gasteiger partial charge in [0.2, 0.25) is 0 Å². The molecule has 3 nitrogen and oxygen atoms in total. The molecule has 0 saturated heterocycles. The minimum absolute atomic E-state index is 0.0443. The summed E-state index contributed by atoms with van der Waals surface area (Å²) in [6.07, 6.45) is 1.65. The van der Waals surface area contributed by atoms with Crippen LogP contribution in [0.1, 0.15) is 27.8 Å². The molecule has 1 aromatic rings. The van der Waals surface area contributed by atoms with E-state index in [4.69, 9.17) is 0 Å². The van der Waals surface area contributed by atoms with Gasteiger partial charge in [-0.05, 0) is 19.1 Å². The van der Waals surface area contributed by atoms with Crippen molar-refractivity contribution in [3.63, 3.8) is 0 Å². The quantitative estimate of drug-likeness (QED) is 0.592. The van der Waals surface area contributed by atoms with Crippen LogP contribution in [0.25, 0.3) is 0 Å². The van der Waals surface area contributed by atoms with Gasteiger partial charge in [-0.25, -0.2) is 4.79 Å². The maximum atomic E-state index is 11.3. The third-order valence-corrected chi connectivity index (χ3v) is 2.05. The fourth-order valence-corrected chi connectivity index (χ4v) is 1.38. The van der Waals surface area contributed by atoms with E-state index in [1.54, 1.807) is 18.3 Å². The van der Waals surface area contributed by atoms with E-state index in [0.29, 0.717) is 11.3 Å². The first kappa shape index (κ1) is 10.2. The smallest absolute Gasteiger partial charge is 0.339 e. The summed E-state index contributed by atoms with van der Waals surface area (Å²) < 4.78 is 4.63. The van der Waals surface area contributed by atoms with Gasteiger partial charge in [-0.1, -0.05) is 15.9 Å². The second-order valence-corrected chi connectivity index (χ2v) is 3.92. The number of halogens is 1. The molecule has 1 aromatic heterocycles. The Kier molecular flexibility index (Phi) is 3.42. The highest BCUT2D eigenvalue weighted by atomic mass is 79.9. The summed E-state index contributed by atoms with van der Waals surface area (Å²) in [5.41, 5.74) is 1.21. The van der Waals surface area contributed by atoms with Crippen LogP contribution in [0, 0.1) is 0 Å². The number of pyridine rings is 1. The summed E-state index contributed by atoms with van der Waals surface area (Å²) in [6, 6.07) is 3.41. The zero-order valence-corrected chi connectivity index (χ0v) is 9.04. The third-order valence-electron chi connectivity index (χ3n) is 1.62. The summed E-state index contributed by atoms with van der Waals surface area (Å²) >= 11 is 3.36. The lowest BCUT2D eigenvalue weighted by Gasteiger charge is -2.07. The van der Waals surface area contributed by atoms with Crippen LogP contribution in [0.2, 0.25) is 0 Å². The van der Waals surface area contributed by atoms with Gasteiger partial charge in [0.25, 0.3) is 0 Å². The Hall–Kier alpha value is -0.900. The number of alkyl halides is 1. The van der Waals surface area contributed by atoms with Crippen molar-refractivity contribution >= 4 is 21.9 Å². The van der Waals surface area contributed by atoms with Crippen LogP contribution in [0.15, 0.2) is 18.3 Å². The van der Waals surface area contributed by atoms with Gasteiger partial charge in [0.1, 0.15) is 0 Å². The zero-order chi connectivity index (χ0) is 9.84. The molecule has 1 rings (SSSR count). The first-order chi connectivity index (χ1) is 6.16. The Bertz CT molecular complexity index is 312. The molecule has 1 atom stereocenters. The molecule has 70 valence electrons. The number of ether oxygens (including phenoxy) is 1. The molecular formula is C9H10BrNO2. The average Bonchev–Trinajstić information content (AvgIpc) is 2.16. The van der Waals surface area contributed by atoms with Crippen LogP contribution in [-0.2, 0) is 4.74 Å². The zero-order valence-electron chi connectivity index (χ0n) is 7.45. The Morgan fingerprint density at radius 2 is 2.38 bits per heavy atom. The number of aromatic nitrogens is 1. The lowest BCUT2D eigenvalue weighted by molar-refractivity contribution is 0.0599. The fraction of sp³-hybridized carbons (Fsp3) is 0.333. The van der Waals surface area contributed by atoms with Crippen molar-refractivity contribution in [3.8, 4) is 0 Å². The van der Waals surface area contributed by atoms with Crippen molar-refractivity contribution in [1.82, 2.24) is 4.98 Å². The number of carbonyl (C=O) groups is 1. The van der Waals surface area contributed by atoms with Crippen LogP contribution in [0.3, 0.4) is 0 Å². The van der Waals surface area contributed by atoms with Crippen molar-refractivity contribution in [2.24, 2.45) is 0 Å². The van der Waals surface area contributed by atoms with Crippen molar-refractivity contribution in [3.05, 3.63) is 29.6 Å². The molecule has 0 saturated carbocycles. The predicted molar refractivity (Wildman–Crippen MR) is 52.9 cm³/mol. The summed E-state index contributed by atoms with van der Waals surface area (Å²) in [4.78, 5) is 15.4. The lowest BCUT2D eigenvalue weighted by Crippen LogP contribution is -2.07. The van der Waals surface area contributed by atoms with E-state index >= 15 is 0 Å². The summed E-state index contributed by atoms with van der Waals surface area (Å²) in [7, 11) is 1.36. The van der Waals surface area contributed by atoms with Gasteiger partial charge in [0.15, 0.2) is 0 Å². The second kappa shape index (κ2) is 4.37. The molecule has 0 aliphatic heterocycles. The molecule has 0 aromatic carbocycles. The number of nitrogens with zero attached hydrogens (tertiary/aromatic N) is 1. The van der Waals surface area contributed by atoms with E-state index in [1.165, 1.54) is 7.11 Å². The fourth-order valence-electron chi connectivity index (χ4n) is 1.02. The monoisotopic (exact) mass is 243 g/mol. The molecule has 0 aliphatic rings.